The summed E-state index contributed by atoms with van der Waals surface area (Å²) < 4.78 is 0. The highest BCUT2D eigenvalue weighted by Crippen LogP contribution is 2.52. The van der Waals surface area contributed by atoms with Gasteiger partial charge in [0.1, 0.15) is 0 Å². The van der Waals surface area contributed by atoms with Crippen molar-refractivity contribution in [2.75, 3.05) is 0 Å². The van der Waals surface area contributed by atoms with E-state index in [1.807, 2.05) is 0 Å². The summed E-state index contributed by atoms with van der Waals surface area (Å²) in [5.74, 6) is 1.36. The molecule has 0 radical (unpaired) electrons. The van der Waals surface area contributed by atoms with Gasteiger partial charge in [-0.15, -0.1) is 0 Å². The molecule has 1 heteroatoms. The largest absolute Gasteiger partial charge is 0.399 e. The summed E-state index contributed by atoms with van der Waals surface area (Å²) in [6.07, 6.45) is 16.3. The number of allylic oxidation sites excluding steroid dienone is 5. The third kappa shape index (κ3) is 2.17. The molecule has 0 aromatic rings. The molecular formula is C18H27N. The van der Waals surface area contributed by atoms with Crippen molar-refractivity contribution in [2.45, 2.75) is 58.8 Å². The molecule has 0 spiro atoms. The number of nitrogens with two attached hydrogens (primary N) is 1. The average molecular weight is 257 g/mol. The lowest BCUT2D eigenvalue weighted by atomic mass is 9.58. The normalized spacial score (nSPS) is 38.9. The van der Waals surface area contributed by atoms with E-state index >= 15 is 0 Å². The molecule has 3 rings (SSSR count). The third-order valence-electron chi connectivity index (χ3n) is 5.79. The third-order valence-corrected chi connectivity index (χ3v) is 5.79. The molecule has 0 aromatic carbocycles. The summed E-state index contributed by atoms with van der Waals surface area (Å²) >= 11 is 0. The van der Waals surface area contributed by atoms with Crippen LogP contribution < -0.4 is 5.73 Å². The van der Waals surface area contributed by atoms with E-state index in [2.05, 4.69) is 32.1 Å². The zero-order chi connectivity index (χ0) is 13.5. The molecule has 0 fully saturated rings. The summed E-state index contributed by atoms with van der Waals surface area (Å²) in [6.45, 7) is 4.86. The zero-order valence-electron chi connectivity index (χ0n) is 12.4. The molecule has 0 bridgehead atoms. The van der Waals surface area contributed by atoms with Crippen LogP contribution in [0.2, 0.25) is 0 Å². The first kappa shape index (κ1) is 13.0. The van der Waals surface area contributed by atoms with Crippen LogP contribution in [0.1, 0.15) is 58.8 Å². The lowest BCUT2D eigenvalue weighted by molar-refractivity contribution is 0.190. The van der Waals surface area contributed by atoms with Crippen molar-refractivity contribution >= 4 is 0 Å². The molecule has 104 valence electrons. The van der Waals surface area contributed by atoms with Crippen molar-refractivity contribution in [3.8, 4) is 0 Å². The summed E-state index contributed by atoms with van der Waals surface area (Å²) in [5, 5.41) is 0. The first-order valence-electron chi connectivity index (χ1n) is 7.98. The van der Waals surface area contributed by atoms with Gasteiger partial charge < -0.3 is 5.73 Å². The topological polar surface area (TPSA) is 26.0 Å². The fourth-order valence-corrected chi connectivity index (χ4v) is 4.31. The minimum atomic E-state index is 0.306. The Morgan fingerprint density at radius 1 is 1.21 bits per heavy atom. The Hall–Kier alpha value is -0.980. The minimum Gasteiger partial charge on any atom is -0.399 e. The van der Waals surface area contributed by atoms with E-state index in [0.29, 0.717) is 11.3 Å². The van der Waals surface area contributed by atoms with Crippen LogP contribution in [0, 0.1) is 17.3 Å². The Morgan fingerprint density at radius 2 is 2.05 bits per heavy atom. The van der Waals surface area contributed by atoms with Crippen LogP contribution in [-0.4, -0.2) is 0 Å². The van der Waals surface area contributed by atoms with Gasteiger partial charge in [0.05, 0.1) is 0 Å². The Balaban J connectivity index is 1.95. The van der Waals surface area contributed by atoms with E-state index in [9.17, 15) is 0 Å². The van der Waals surface area contributed by atoms with E-state index in [4.69, 9.17) is 5.73 Å². The van der Waals surface area contributed by atoms with Crippen LogP contribution in [0.25, 0.3) is 0 Å². The Labute approximate surface area is 117 Å². The molecule has 0 saturated carbocycles. The molecule has 0 amide bonds. The number of hydrogen-bond donors (Lipinski definition) is 1. The molecular weight excluding hydrogens is 230 g/mol. The molecule has 2 N–H and O–H groups in total. The molecule has 3 unspecified atom stereocenters. The van der Waals surface area contributed by atoms with E-state index in [1.165, 1.54) is 50.5 Å². The highest BCUT2D eigenvalue weighted by Gasteiger charge is 2.42. The molecule has 19 heavy (non-hydrogen) atoms. The Bertz CT molecular complexity index is 454. The SMILES string of the molecule is CC1CCC=C2C(N)=CC(C3=CCCCC3)CC21C. The van der Waals surface area contributed by atoms with Crippen LogP contribution in [-0.2, 0) is 0 Å². The first-order valence-corrected chi connectivity index (χ1v) is 7.98. The number of hydrogen-bond acceptors (Lipinski definition) is 1. The highest BCUT2D eigenvalue weighted by molar-refractivity contribution is 5.41. The van der Waals surface area contributed by atoms with Crippen molar-refractivity contribution in [1.82, 2.24) is 0 Å². The van der Waals surface area contributed by atoms with Gasteiger partial charge in [0.25, 0.3) is 0 Å². The van der Waals surface area contributed by atoms with Gasteiger partial charge in [0, 0.05) is 11.6 Å². The van der Waals surface area contributed by atoms with Crippen LogP contribution in [0.15, 0.2) is 35.1 Å². The second-order valence-electron chi connectivity index (χ2n) is 6.97. The zero-order valence-corrected chi connectivity index (χ0v) is 12.4. The number of rotatable bonds is 1. The molecule has 0 aromatic heterocycles. The average Bonchev–Trinajstić information content (AvgIpc) is 2.41. The van der Waals surface area contributed by atoms with Gasteiger partial charge in [0.15, 0.2) is 0 Å². The Kier molecular flexibility index (Phi) is 3.32. The second kappa shape index (κ2) is 4.85. The fourth-order valence-electron chi connectivity index (χ4n) is 4.31. The molecule has 0 saturated heterocycles. The van der Waals surface area contributed by atoms with Crippen LogP contribution in [0.4, 0.5) is 0 Å². The van der Waals surface area contributed by atoms with E-state index in [0.717, 1.165) is 11.6 Å². The summed E-state index contributed by atoms with van der Waals surface area (Å²) in [6, 6.07) is 0. The van der Waals surface area contributed by atoms with E-state index in [1.54, 1.807) is 5.57 Å². The molecule has 3 aliphatic carbocycles. The van der Waals surface area contributed by atoms with Crippen molar-refractivity contribution < 1.29 is 0 Å². The van der Waals surface area contributed by atoms with Gasteiger partial charge >= 0.3 is 0 Å². The molecule has 1 nitrogen and oxygen atoms in total. The smallest absolute Gasteiger partial charge is 0.0314 e. The predicted molar refractivity (Wildman–Crippen MR) is 81.5 cm³/mol. The Morgan fingerprint density at radius 3 is 2.79 bits per heavy atom. The standard InChI is InChI=1S/C18H27N/c1-13-7-6-10-16-17(19)11-15(12-18(13,16)2)14-8-4-3-5-9-14/h8,10-11,13,15H,3-7,9,12,19H2,1-2H3. The van der Waals surface area contributed by atoms with Crippen LogP contribution in [0.5, 0.6) is 0 Å². The molecule has 3 aliphatic rings. The second-order valence-corrected chi connectivity index (χ2v) is 6.97. The fraction of sp³-hybridized carbons (Fsp3) is 0.667. The lowest BCUT2D eigenvalue weighted by Gasteiger charge is -2.46. The van der Waals surface area contributed by atoms with Crippen molar-refractivity contribution in [2.24, 2.45) is 23.0 Å². The quantitative estimate of drug-likeness (QED) is 0.676. The van der Waals surface area contributed by atoms with E-state index in [-0.39, 0.29) is 0 Å². The predicted octanol–water partition coefficient (Wildman–Crippen LogP) is 4.71. The monoisotopic (exact) mass is 257 g/mol. The maximum Gasteiger partial charge on any atom is 0.0314 e. The van der Waals surface area contributed by atoms with Crippen molar-refractivity contribution in [1.29, 1.82) is 0 Å². The minimum absolute atomic E-state index is 0.306. The van der Waals surface area contributed by atoms with Crippen LogP contribution >= 0.6 is 0 Å². The van der Waals surface area contributed by atoms with Gasteiger partial charge in [0.2, 0.25) is 0 Å². The van der Waals surface area contributed by atoms with Gasteiger partial charge in [-0.2, -0.15) is 0 Å². The lowest BCUT2D eigenvalue weighted by Crippen LogP contribution is -2.38. The summed E-state index contributed by atoms with van der Waals surface area (Å²) in [5.41, 5.74) is 10.9. The van der Waals surface area contributed by atoms with Gasteiger partial charge in [-0.1, -0.05) is 37.6 Å². The molecule has 3 atom stereocenters. The van der Waals surface area contributed by atoms with Crippen molar-refractivity contribution in [3.05, 3.63) is 35.1 Å². The molecule has 0 heterocycles. The molecule has 0 aliphatic heterocycles. The summed E-state index contributed by atoms with van der Waals surface area (Å²) in [4.78, 5) is 0. The highest BCUT2D eigenvalue weighted by atomic mass is 14.6. The van der Waals surface area contributed by atoms with Gasteiger partial charge in [-0.05, 0) is 61.9 Å². The first-order chi connectivity index (χ1) is 9.11. The van der Waals surface area contributed by atoms with Crippen molar-refractivity contribution in [3.63, 3.8) is 0 Å². The maximum absolute atomic E-state index is 6.40. The van der Waals surface area contributed by atoms with Gasteiger partial charge in [-0.25, -0.2) is 0 Å². The van der Waals surface area contributed by atoms with E-state index < -0.39 is 0 Å². The maximum atomic E-state index is 6.40. The number of fused-ring (bicyclic) bond motifs is 1. The summed E-state index contributed by atoms with van der Waals surface area (Å²) in [7, 11) is 0. The van der Waals surface area contributed by atoms with Gasteiger partial charge in [-0.3, -0.25) is 0 Å². The van der Waals surface area contributed by atoms with Crippen LogP contribution in [0.3, 0.4) is 0 Å².